The molecule has 1 aromatic carbocycles. The summed E-state index contributed by atoms with van der Waals surface area (Å²) in [6, 6.07) is 6.16. The van der Waals surface area contributed by atoms with Gasteiger partial charge in [0.1, 0.15) is 5.56 Å². The summed E-state index contributed by atoms with van der Waals surface area (Å²) in [5.41, 5.74) is 4.42. The van der Waals surface area contributed by atoms with Gasteiger partial charge >= 0.3 is 5.97 Å². The van der Waals surface area contributed by atoms with Crippen LogP contribution in [-0.2, 0) is 0 Å². The van der Waals surface area contributed by atoms with E-state index in [4.69, 9.17) is 0 Å². The number of nitrogens with zero attached hydrogens (tertiary/aromatic N) is 2. The number of aromatic nitrogens is 2. The lowest BCUT2D eigenvalue weighted by Crippen LogP contribution is -2.28. The lowest BCUT2D eigenvalue weighted by Gasteiger charge is -2.24. The largest absolute Gasteiger partial charge is 0.478 e. The van der Waals surface area contributed by atoms with Crippen LogP contribution in [-0.4, -0.2) is 33.9 Å². The van der Waals surface area contributed by atoms with Crippen molar-refractivity contribution in [3.8, 4) is 5.69 Å². The average Bonchev–Trinajstić information content (AvgIpc) is 2.93. The number of carboxylic acid groups (broad SMARTS) is 1. The van der Waals surface area contributed by atoms with Gasteiger partial charge in [0.05, 0.1) is 17.6 Å². The molecule has 2 aromatic rings. The van der Waals surface area contributed by atoms with Crippen LogP contribution < -0.4 is 5.32 Å². The molecule has 0 atom stereocenters. The maximum absolute atomic E-state index is 11.6. The van der Waals surface area contributed by atoms with Gasteiger partial charge in [-0.25, -0.2) is 9.48 Å². The van der Waals surface area contributed by atoms with Crippen LogP contribution in [0, 0.1) is 13.8 Å². The first-order valence-corrected chi connectivity index (χ1v) is 7.67. The molecule has 2 N–H and O–H groups in total. The molecule has 22 heavy (non-hydrogen) atoms. The fourth-order valence-corrected chi connectivity index (χ4v) is 3.25. The molecule has 3 rings (SSSR count). The van der Waals surface area contributed by atoms with Crippen molar-refractivity contribution < 1.29 is 9.90 Å². The second-order valence-electron chi connectivity index (χ2n) is 5.97. The summed E-state index contributed by atoms with van der Waals surface area (Å²) in [7, 11) is 0. The third-order valence-electron chi connectivity index (χ3n) is 4.34. The summed E-state index contributed by atoms with van der Waals surface area (Å²) in [6.07, 6.45) is 3.37. The van der Waals surface area contributed by atoms with Crippen LogP contribution in [0.4, 0.5) is 0 Å². The minimum absolute atomic E-state index is 0.232. The van der Waals surface area contributed by atoms with E-state index in [1.54, 1.807) is 0 Å². The fraction of sp³-hybridized carbons (Fsp3) is 0.412. The van der Waals surface area contributed by atoms with Crippen molar-refractivity contribution in [2.45, 2.75) is 32.6 Å². The molecule has 116 valence electrons. The summed E-state index contributed by atoms with van der Waals surface area (Å²) in [5, 5.41) is 17.2. The van der Waals surface area contributed by atoms with Crippen molar-refractivity contribution >= 4 is 5.97 Å². The summed E-state index contributed by atoms with van der Waals surface area (Å²) < 4.78 is 1.83. The van der Waals surface area contributed by atoms with Gasteiger partial charge in [-0.15, -0.1) is 0 Å². The van der Waals surface area contributed by atoms with E-state index >= 15 is 0 Å². The third-order valence-corrected chi connectivity index (χ3v) is 4.34. The summed E-state index contributed by atoms with van der Waals surface area (Å²) >= 11 is 0. The molecule has 1 aliphatic heterocycles. The van der Waals surface area contributed by atoms with Gasteiger partial charge < -0.3 is 10.4 Å². The number of carbonyl (C=O) groups is 1. The lowest BCUT2D eigenvalue weighted by atomic mass is 9.92. The van der Waals surface area contributed by atoms with Crippen molar-refractivity contribution in [1.29, 1.82) is 0 Å². The molecule has 0 amide bonds. The molecule has 0 bridgehead atoms. The molecule has 0 radical (unpaired) electrons. The Labute approximate surface area is 130 Å². The standard InChI is InChI=1S/C17H21N3O2/c1-11-3-4-15(12(2)9-11)20-16(13-5-7-18-8-6-13)14(10-19-20)17(21)22/h3-4,9-10,13,18H,5-8H2,1-2H3,(H,21,22). The predicted molar refractivity (Wildman–Crippen MR) is 84.8 cm³/mol. The van der Waals surface area contributed by atoms with Crippen molar-refractivity contribution in [1.82, 2.24) is 15.1 Å². The molecular weight excluding hydrogens is 278 g/mol. The highest BCUT2D eigenvalue weighted by Crippen LogP contribution is 2.31. The fourth-order valence-electron chi connectivity index (χ4n) is 3.25. The van der Waals surface area contributed by atoms with Crippen molar-refractivity contribution in [2.75, 3.05) is 13.1 Å². The van der Waals surface area contributed by atoms with Gasteiger partial charge in [0.15, 0.2) is 0 Å². The summed E-state index contributed by atoms with van der Waals surface area (Å²) in [4.78, 5) is 11.6. The van der Waals surface area contributed by atoms with E-state index in [0.717, 1.165) is 42.9 Å². The van der Waals surface area contributed by atoms with E-state index in [-0.39, 0.29) is 5.92 Å². The molecule has 5 heteroatoms. The van der Waals surface area contributed by atoms with Crippen LogP contribution in [0.5, 0.6) is 0 Å². The highest BCUT2D eigenvalue weighted by molar-refractivity contribution is 5.89. The zero-order chi connectivity index (χ0) is 15.7. The average molecular weight is 299 g/mol. The minimum Gasteiger partial charge on any atom is -0.478 e. The van der Waals surface area contributed by atoms with Crippen LogP contribution >= 0.6 is 0 Å². The Bertz CT molecular complexity index is 700. The first-order valence-electron chi connectivity index (χ1n) is 7.67. The number of rotatable bonds is 3. The summed E-state index contributed by atoms with van der Waals surface area (Å²) in [6.45, 7) is 5.93. The molecule has 1 aliphatic rings. The van der Waals surface area contributed by atoms with Crippen LogP contribution in [0.2, 0.25) is 0 Å². The zero-order valence-corrected chi connectivity index (χ0v) is 13.0. The van der Waals surface area contributed by atoms with Crippen molar-refractivity contribution in [3.63, 3.8) is 0 Å². The number of nitrogens with one attached hydrogen (secondary N) is 1. The molecule has 0 unspecified atom stereocenters. The first-order chi connectivity index (χ1) is 10.6. The maximum Gasteiger partial charge on any atom is 0.339 e. The normalized spacial score (nSPS) is 15.9. The van der Waals surface area contributed by atoms with Gasteiger partial charge in [0.2, 0.25) is 0 Å². The van der Waals surface area contributed by atoms with Crippen molar-refractivity contribution in [2.24, 2.45) is 0 Å². The second kappa shape index (κ2) is 5.93. The van der Waals surface area contributed by atoms with E-state index in [9.17, 15) is 9.90 Å². The first kappa shape index (κ1) is 14.8. The van der Waals surface area contributed by atoms with Gasteiger partial charge in [-0.1, -0.05) is 17.7 Å². The number of piperidine rings is 1. The Morgan fingerprint density at radius 3 is 2.68 bits per heavy atom. The minimum atomic E-state index is -0.899. The van der Waals surface area contributed by atoms with Gasteiger partial charge in [0, 0.05) is 5.92 Å². The summed E-state index contributed by atoms with van der Waals surface area (Å²) in [5.74, 6) is -0.667. The van der Waals surface area contributed by atoms with Crippen LogP contribution in [0.1, 0.15) is 45.9 Å². The Kier molecular flexibility index (Phi) is 3.98. The third kappa shape index (κ3) is 2.64. The zero-order valence-electron chi connectivity index (χ0n) is 13.0. The van der Waals surface area contributed by atoms with E-state index in [2.05, 4.69) is 23.4 Å². The molecule has 0 saturated carbocycles. The Morgan fingerprint density at radius 2 is 2.05 bits per heavy atom. The number of carboxylic acids is 1. The van der Waals surface area contributed by atoms with Crippen LogP contribution in [0.25, 0.3) is 5.69 Å². The van der Waals surface area contributed by atoms with Crippen molar-refractivity contribution in [3.05, 3.63) is 46.8 Å². The topological polar surface area (TPSA) is 67.2 Å². The van der Waals surface area contributed by atoms with Gasteiger partial charge in [-0.05, 0) is 51.4 Å². The Morgan fingerprint density at radius 1 is 1.32 bits per heavy atom. The van der Waals surface area contributed by atoms with Gasteiger partial charge in [0.25, 0.3) is 0 Å². The van der Waals surface area contributed by atoms with Crippen LogP contribution in [0.15, 0.2) is 24.4 Å². The van der Waals surface area contributed by atoms with Crippen LogP contribution in [0.3, 0.4) is 0 Å². The number of aryl methyl sites for hydroxylation is 2. The molecule has 1 fully saturated rings. The Balaban J connectivity index is 2.13. The number of hydrogen-bond donors (Lipinski definition) is 2. The molecule has 1 saturated heterocycles. The molecule has 5 nitrogen and oxygen atoms in total. The molecule has 2 heterocycles. The monoisotopic (exact) mass is 299 g/mol. The second-order valence-corrected chi connectivity index (χ2v) is 5.97. The van der Waals surface area contributed by atoms with Gasteiger partial charge in [-0.3, -0.25) is 0 Å². The highest BCUT2D eigenvalue weighted by atomic mass is 16.4. The quantitative estimate of drug-likeness (QED) is 0.914. The highest BCUT2D eigenvalue weighted by Gasteiger charge is 2.27. The Hall–Kier alpha value is -2.14. The van der Waals surface area contributed by atoms with Gasteiger partial charge in [-0.2, -0.15) is 5.10 Å². The molecule has 0 spiro atoms. The number of benzene rings is 1. The van der Waals surface area contributed by atoms with E-state index in [0.29, 0.717) is 5.56 Å². The number of aromatic carboxylic acids is 1. The SMILES string of the molecule is Cc1ccc(-n2ncc(C(=O)O)c2C2CCNCC2)c(C)c1. The number of hydrogen-bond acceptors (Lipinski definition) is 3. The van der Waals surface area contributed by atoms with E-state index in [1.807, 2.05) is 23.7 Å². The van der Waals surface area contributed by atoms with E-state index < -0.39 is 5.97 Å². The predicted octanol–water partition coefficient (Wildman–Crippen LogP) is 2.65. The molecule has 1 aromatic heterocycles. The smallest absolute Gasteiger partial charge is 0.339 e. The van der Waals surface area contributed by atoms with E-state index in [1.165, 1.54) is 11.8 Å². The lowest BCUT2D eigenvalue weighted by molar-refractivity contribution is 0.0694. The maximum atomic E-state index is 11.6. The molecular formula is C17H21N3O2. The molecule has 0 aliphatic carbocycles.